The monoisotopic (exact) mass is 427 g/mol. The average Bonchev–Trinajstić information content (AvgIpc) is 2.99. The fourth-order valence-electron chi connectivity index (χ4n) is 2.85. The first kappa shape index (κ1) is 19.6. The number of hydrogen-bond donors (Lipinski definition) is 1. The third-order valence-corrected chi connectivity index (χ3v) is 4.90. The van der Waals surface area contributed by atoms with E-state index in [1.807, 2.05) is 0 Å². The minimum Gasteiger partial charge on any atom is -0.371 e. The first-order valence-electron chi connectivity index (χ1n) is 7.79. The number of nitrogens with zero attached hydrogens (tertiary/aromatic N) is 2. The molecule has 1 atom stereocenters. The van der Waals surface area contributed by atoms with Crippen LogP contribution in [0.1, 0.15) is 30.5 Å². The van der Waals surface area contributed by atoms with Gasteiger partial charge in [0.15, 0.2) is 0 Å². The summed E-state index contributed by atoms with van der Waals surface area (Å²) in [6.45, 7) is 1.40. The van der Waals surface area contributed by atoms with Crippen molar-refractivity contribution in [3.63, 3.8) is 0 Å². The predicted octanol–water partition coefficient (Wildman–Crippen LogP) is 3.27. The third kappa shape index (κ3) is 4.59. The first-order valence-corrected chi connectivity index (χ1v) is 10.0. The molecule has 0 fully saturated rings. The topological polar surface area (TPSA) is 102 Å². The maximum absolute atomic E-state index is 12.1. The summed E-state index contributed by atoms with van der Waals surface area (Å²) in [5.74, 6) is -0.214. The molecule has 3 rings (SSSR count). The molecule has 2 aromatic rings. The van der Waals surface area contributed by atoms with Crippen molar-refractivity contribution in [1.82, 2.24) is 5.01 Å². The van der Waals surface area contributed by atoms with Gasteiger partial charge in [-0.2, -0.15) is 18.7 Å². The molecule has 1 heterocycles. The summed E-state index contributed by atoms with van der Waals surface area (Å²) in [7, 11) is -4.15. The van der Waals surface area contributed by atoms with Gasteiger partial charge in [0.25, 0.3) is 0 Å². The van der Waals surface area contributed by atoms with E-state index in [9.17, 15) is 13.2 Å². The number of amides is 1. The van der Waals surface area contributed by atoms with Crippen LogP contribution < -0.4 is 9.32 Å². The molecule has 1 aliphatic heterocycles. The third-order valence-electron chi connectivity index (χ3n) is 3.93. The lowest BCUT2D eigenvalue weighted by molar-refractivity contribution is -0.130. The number of hydrogen-bond acceptors (Lipinski definition) is 5. The van der Waals surface area contributed by atoms with Crippen molar-refractivity contribution in [3.05, 3.63) is 63.6 Å². The lowest BCUT2D eigenvalue weighted by Gasteiger charge is -2.20. The molecule has 7 nitrogen and oxygen atoms in total. The number of carbonyl (C=O) groups is 1. The van der Waals surface area contributed by atoms with Crippen LogP contribution in [0, 0.1) is 0 Å². The zero-order valence-corrected chi connectivity index (χ0v) is 16.4. The summed E-state index contributed by atoms with van der Waals surface area (Å²) in [6.07, 6.45) is 0.389. The molecule has 2 aromatic carbocycles. The Balaban J connectivity index is 1.95. The molecule has 1 aliphatic rings. The molecule has 10 heteroatoms. The molecule has 1 unspecified atom stereocenters. The van der Waals surface area contributed by atoms with Crippen molar-refractivity contribution in [2.45, 2.75) is 19.4 Å². The van der Waals surface area contributed by atoms with Crippen LogP contribution in [0.3, 0.4) is 0 Å². The molecule has 0 spiro atoms. The van der Waals surface area contributed by atoms with Crippen molar-refractivity contribution >= 4 is 45.1 Å². The number of nitrogens with two attached hydrogens (primary N) is 1. The van der Waals surface area contributed by atoms with Crippen LogP contribution in [-0.2, 0) is 15.1 Å². The number of hydrazone groups is 1. The molecule has 142 valence electrons. The SMILES string of the molecule is CC(=O)N1N=C(c2ccc(Cl)cc2Cl)CC1c1cccc(OS(N)(=O)=O)c1. The van der Waals surface area contributed by atoms with Crippen LogP contribution >= 0.6 is 23.2 Å². The molecule has 0 saturated heterocycles. The van der Waals surface area contributed by atoms with E-state index in [0.29, 0.717) is 33.3 Å². The van der Waals surface area contributed by atoms with Gasteiger partial charge in [0.2, 0.25) is 5.91 Å². The fourth-order valence-corrected chi connectivity index (χ4v) is 3.74. The van der Waals surface area contributed by atoms with Crippen LogP contribution in [0.4, 0.5) is 0 Å². The van der Waals surface area contributed by atoms with Gasteiger partial charge in [-0.1, -0.05) is 41.4 Å². The van der Waals surface area contributed by atoms with Gasteiger partial charge in [0, 0.05) is 23.9 Å². The molecule has 27 heavy (non-hydrogen) atoms. The Kier molecular flexibility index (Phi) is 5.43. The number of rotatable bonds is 4. The van der Waals surface area contributed by atoms with Gasteiger partial charge in [-0.15, -0.1) is 0 Å². The maximum atomic E-state index is 12.1. The standard InChI is InChI=1S/C17H15Cl2N3O4S/c1-10(23)22-17(11-3-2-4-13(7-11)26-27(20,24)25)9-16(21-22)14-6-5-12(18)8-15(14)19/h2-8,17H,9H2,1H3,(H2,20,24,25). The van der Waals surface area contributed by atoms with E-state index in [1.165, 1.54) is 24.1 Å². The largest absolute Gasteiger partial charge is 0.380 e. The quantitative estimate of drug-likeness (QED) is 0.808. The highest BCUT2D eigenvalue weighted by molar-refractivity contribution is 7.84. The van der Waals surface area contributed by atoms with Gasteiger partial charge in [0.05, 0.1) is 16.8 Å². The van der Waals surface area contributed by atoms with E-state index < -0.39 is 16.3 Å². The summed E-state index contributed by atoms with van der Waals surface area (Å²) in [6, 6.07) is 10.9. The molecule has 0 saturated carbocycles. The highest BCUT2D eigenvalue weighted by atomic mass is 35.5. The number of benzene rings is 2. The van der Waals surface area contributed by atoms with Gasteiger partial charge in [-0.05, 0) is 29.8 Å². The highest BCUT2D eigenvalue weighted by Gasteiger charge is 2.32. The second kappa shape index (κ2) is 7.47. The highest BCUT2D eigenvalue weighted by Crippen LogP contribution is 2.36. The molecule has 1 amide bonds. The van der Waals surface area contributed by atoms with Crippen LogP contribution in [0.15, 0.2) is 47.6 Å². The Hall–Kier alpha value is -2.13. The van der Waals surface area contributed by atoms with E-state index in [4.69, 9.17) is 32.5 Å². The molecular weight excluding hydrogens is 413 g/mol. The van der Waals surface area contributed by atoms with Crippen molar-refractivity contribution < 1.29 is 17.4 Å². The van der Waals surface area contributed by atoms with Crippen LogP contribution in [0.5, 0.6) is 5.75 Å². The summed E-state index contributed by atoms with van der Waals surface area (Å²) in [4.78, 5) is 12.1. The van der Waals surface area contributed by atoms with E-state index >= 15 is 0 Å². The Morgan fingerprint density at radius 1 is 1.26 bits per heavy atom. The van der Waals surface area contributed by atoms with Crippen LogP contribution in [0.2, 0.25) is 10.0 Å². The number of carbonyl (C=O) groups excluding carboxylic acids is 1. The molecule has 0 aliphatic carbocycles. The van der Waals surface area contributed by atoms with Gasteiger partial charge < -0.3 is 4.18 Å². The molecule has 2 N–H and O–H groups in total. The molecule has 0 bridgehead atoms. The van der Waals surface area contributed by atoms with Gasteiger partial charge in [0.1, 0.15) is 5.75 Å². The number of halogens is 2. The van der Waals surface area contributed by atoms with Crippen molar-refractivity contribution in [2.75, 3.05) is 0 Å². The lowest BCUT2D eigenvalue weighted by atomic mass is 9.98. The Morgan fingerprint density at radius 2 is 2.00 bits per heavy atom. The Morgan fingerprint density at radius 3 is 2.63 bits per heavy atom. The van der Waals surface area contributed by atoms with Crippen molar-refractivity contribution in [1.29, 1.82) is 0 Å². The van der Waals surface area contributed by atoms with Crippen molar-refractivity contribution in [3.8, 4) is 5.75 Å². The van der Waals surface area contributed by atoms with E-state index in [0.717, 1.165) is 0 Å². The summed E-state index contributed by atoms with van der Waals surface area (Å²) in [5.41, 5.74) is 1.94. The second-order valence-electron chi connectivity index (χ2n) is 5.90. The van der Waals surface area contributed by atoms with Crippen molar-refractivity contribution in [2.24, 2.45) is 10.2 Å². The zero-order chi connectivity index (χ0) is 19.8. The van der Waals surface area contributed by atoms with Crippen LogP contribution in [-0.4, -0.2) is 25.0 Å². The maximum Gasteiger partial charge on any atom is 0.380 e. The van der Waals surface area contributed by atoms with E-state index in [-0.39, 0.29) is 11.7 Å². The van der Waals surface area contributed by atoms with E-state index in [2.05, 4.69) is 5.10 Å². The minimum absolute atomic E-state index is 0.0523. The Bertz CT molecular complexity index is 1040. The summed E-state index contributed by atoms with van der Waals surface area (Å²) < 4.78 is 27.0. The fraction of sp³-hybridized carbons (Fsp3) is 0.176. The van der Waals surface area contributed by atoms with Gasteiger partial charge >= 0.3 is 10.3 Å². The molecular formula is C17H15Cl2N3O4S. The molecule has 0 aromatic heterocycles. The normalized spacial score (nSPS) is 17.0. The van der Waals surface area contributed by atoms with E-state index in [1.54, 1.807) is 30.3 Å². The van der Waals surface area contributed by atoms with Crippen LogP contribution in [0.25, 0.3) is 0 Å². The zero-order valence-electron chi connectivity index (χ0n) is 14.1. The van der Waals surface area contributed by atoms with Gasteiger partial charge in [-0.25, -0.2) is 5.01 Å². The second-order valence-corrected chi connectivity index (χ2v) is 7.90. The smallest absolute Gasteiger partial charge is 0.371 e. The summed E-state index contributed by atoms with van der Waals surface area (Å²) >= 11 is 12.2. The molecule has 0 radical (unpaired) electrons. The first-order chi connectivity index (χ1) is 12.6. The summed E-state index contributed by atoms with van der Waals surface area (Å²) in [5, 5.41) is 11.6. The predicted molar refractivity (Wildman–Crippen MR) is 103 cm³/mol. The Labute approximate surface area is 166 Å². The minimum atomic E-state index is -4.15. The van der Waals surface area contributed by atoms with Gasteiger partial charge in [-0.3, -0.25) is 4.79 Å². The lowest BCUT2D eigenvalue weighted by Crippen LogP contribution is -2.24. The average molecular weight is 428 g/mol.